The van der Waals surface area contributed by atoms with Crippen molar-refractivity contribution in [1.29, 1.82) is 0 Å². The summed E-state index contributed by atoms with van der Waals surface area (Å²) in [5.41, 5.74) is 1.34. The summed E-state index contributed by atoms with van der Waals surface area (Å²) in [6, 6.07) is 8.49. The summed E-state index contributed by atoms with van der Waals surface area (Å²) in [5.74, 6) is 5.72. The summed E-state index contributed by atoms with van der Waals surface area (Å²) in [7, 11) is 0. The predicted octanol–water partition coefficient (Wildman–Crippen LogP) is 2.56. The van der Waals surface area contributed by atoms with Gasteiger partial charge in [0.05, 0.1) is 6.54 Å². The molecule has 0 unspecified atom stereocenters. The van der Waals surface area contributed by atoms with Crippen LogP contribution in [0.1, 0.15) is 10.4 Å². The summed E-state index contributed by atoms with van der Waals surface area (Å²) < 4.78 is 1.34. The van der Waals surface area contributed by atoms with Crippen LogP contribution in [0.25, 0.3) is 16.2 Å². The minimum Gasteiger partial charge on any atom is -0.313 e. The normalized spacial score (nSPS) is 14.8. The molecule has 0 bridgehead atoms. The van der Waals surface area contributed by atoms with E-state index in [1.165, 1.54) is 20.5 Å². The first-order chi connectivity index (χ1) is 6.84. The fourth-order valence-electron chi connectivity index (χ4n) is 1.81. The number of hydrazine groups is 1. The van der Waals surface area contributed by atoms with E-state index in [0.29, 0.717) is 0 Å². The maximum Gasteiger partial charge on any atom is 0.0685 e. The molecule has 70 valence electrons. The van der Waals surface area contributed by atoms with Crippen molar-refractivity contribution in [2.45, 2.75) is 6.54 Å². The van der Waals surface area contributed by atoms with E-state index >= 15 is 0 Å². The molecule has 0 atom stereocenters. The number of thiophene rings is 1. The molecule has 0 saturated heterocycles. The Kier molecular flexibility index (Phi) is 1.63. The molecule has 0 amide bonds. The summed E-state index contributed by atoms with van der Waals surface area (Å²) in [5, 5.41) is 3.06. The number of rotatable bonds is 0. The van der Waals surface area contributed by atoms with Crippen LogP contribution in [0.3, 0.4) is 0 Å². The Morgan fingerprint density at radius 1 is 1.29 bits per heavy atom. The van der Waals surface area contributed by atoms with E-state index in [4.69, 9.17) is 5.84 Å². The van der Waals surface area contributed by atoms with Gasteiger partial charge in [-0.3, -0.25) is 0 Å². The third kappa shape index (κ3) is 1.06. The summed E-state index contributed by atoms with van der Waals surface area (Å²) >= 11 is 1.83. The topological polar surface area (TPSA) is 29.3 Å². The highest BCUT2D eigenvalue weighted by molar-refractivity contribution is 7.19. The lowest BCUT2D eigenvalue weighted by Gasteiger charge is -2.16. The van der Waals surface area contributed by atoms with Crippen molar-refractivity contribution in [3.63, 3.8) is 0 Å². The van der Waals surface area contributed by atoms with Crippen LogP contribution in [0.2, 0.25) is 0 Å². The second-order valence-corrected chi connectivity index (χ2v) is 4.56. The fraction of sp³-hybridized carbons (Fsp3) is 0.0909. The SMILES string of the molecule is NN1C=Cc2c(sc3ccccc23)C1. The largest absolute Gasteiger partial charge is 0.313 e. The molecule has 1 aromatic heterocycles. The fourth-order valence-corrected chi connectivity index (χ4v) is 3.01. The van der Waals surface area contributed by atoms with Crippen LogP contribution in [0, 0.1) is 0 Å². The maximum absolute atomic E-state index is 5.72. The first kappa shape index (κ1) is 8.03. The van der Waals surface area contributed by atoms with Gasteiger partial charge in [0.15, 0.2) is 0 Å². The molecule has 0 spiro atoms. The average Bonchev–Trinajstić information content (AvgIpc) is 2.54. The molecular formula is C11H10N2S. The van der Waals surface area contributed by atoms with Crippen LogP contribution in [0.4, 0.5) is 0 Å². The van der Waals surface area contributed by atoms with Gasteiger partial charge in [-0.1, -0.05) is 18.2 Å². The quantitative estimate of drug-likeness (QED) is 0.665. The van der Waals surface area contributed by atoms with Gasteiger partial charge in [0.2, 0.25) is 0 Å². The summed E-state index contributed by atoms with van der Waals surface area (Å²) in [6.45, 7) is 0.825. The van der Waals surface area contributed by atoms with Crippen LogP contribution in [0.5, 0.6) is 0 Å². The zero-order valence-corrected chi connectivity index (χ0v) is 8.42. The molecule has 3 rings (SSSR count). The second kappa shape index (κ2) is 2.83. The van der Waals surface area contributed by atoms with Crippen LogP contribution < -0.4 is 5.84 Å². The number of benzene rings is 1. The number of nitrogens with two attached hydrogens (primary N) is 1. The van der Waals surface area contributed by atoms with Gasteiger partial charge in [-0.2, -0.15) is 0 Å². The Balaban J connectivity index is 2.32. The summed E-state index contributed by atoms with van der Waals surface area (Å²) in [4.78, 5) is 1.36. The van der Waals surface area contributed by atoms with Gasteiger partial charge >= 0.3 is 0 Å². The number of nitrogens with zero attached hydrogens (tertiary/aromatic N) is 1. The molecule has 1 aromatic carbocycles. The standard InChI is InChI=1S/C11H10N2S/c12-13-6-5-9-8-3-1-2-4-10(8)14-11(9)7-13/h1-6H,7,12H2. The average molecular weight is 202 g/mol. The Hall–Kier alpha value is -1.32. The van der Waals surface area contributed by atoms with E-state index in [-0.39, 0.29) is 0 Å². The highest BCUT2D eigenvalue weighted by Crippen LogP contribution is 2.34. The molecule has 1 aliphatic heterocycles. The molecule has 2 heterocycles. The van der Waals surface area contributed by atoms with Crippen molar-refractivity contribution < 1.29 is 0 Å². The Morgan fingerprint density at radius 2 is 2.14 bits per heavy atom. The van der Waals surface area contributed by atoms with Crippen molar-refractivity contribution in [2.24, 2.45) is 5.84 Å². The maximum atomic E-state index is 5.72. The molecule has 3 heteroatoms. The lowest BCUT2D eigenvalue weighted by Crippen LogP contribution is -2.25. The molecule has 2 nitrogen and oxygen atoms in total. The Labute approximate surface area is 86.2 Å². The van der Waals surface area contributed by atoms with Crippen LogP contribution in [-0.2, 0) is 6.54 Å². The molecule has 14 heavy (non-hydrogen) atoms. The van der Waals surface area contributed by atoms with Gasteiger partial charge in [0.1, 0.15) is 0 Å². The van der Waals surface area contributed by atoms with Gasteiger partial charge in [0.25, 0.3) is 0 Å². The molecule has 0 fully saturated rings. The minimum atomic E-state index is 0.825. The first-order valence-corrected chi connectivity index (χ1v) is 5.36. The van der Waals surface area contributed by atoms with E-state index in [2.05, 4.69) is 30.3 Å². The molecule has 0 aliphatic carbocycles. The lowest BCUT2D eigenvalue weighted by atomic mass is 10.1. The van der Waals surface area contributed by atoms with Gasteiger partial charge in [0, 0.05) is 21.2 Å². The van der Waals surface area contributed by atoms with E-state index in [0.717, 1.165) is 6.54 Å². The third-order valence-corrected chi connectivity index (χ3v) is 3.64. The van der Waals surface area contributed by atoms with Crippen LogP contribution in [0.15, 0.2) is 30.5 Å². The van der Waals surface area contributed by atoms with Crippen LogP contribution in [-0.4, -0.2) is 5.01 Å². The van der Waals surface area contributed by atoms with E-state index < -0.39 is 0 Å². The van der Waals surface area contributed by atoms with E-state index in [1.54, 1.807) is 5.01 Å². The van der Waals surface area contributed by atoms with Gasteiger partial charge in [-0.05, 0) is 17.7 Å². The Bertz CT molecular complexity index is 513. The minimum absolute atomic E-state index is 0.825. The van der Waals surface area contributed by atoms with Crippen molar-refractivity contribution >= 4 is 27.5 Å². The van der Waals surface area contributed by atoms with E-state index in [9.17, 15) is 0 Å². The Morgan fingerprint density at radius 3 is 3.07 bits per heavy atom. The molecule has 2 aromatic rings. The van der Waals surface area contributed by atoms with Gasteiger partial charge in [-0.25, -0.2) is 5.84 Å². The smallest absolute Gasteiger partial charge is 0.0685 e. The molecule has 0 saturated carbocycles. The number of fused-ring (bicyclic) bond motifs is 3. The molecule has 2 N–H and O–H groups in total. The first-order valence-electron chi connectivity index (χ1n) is 4.54. The third-order valence-electron chi connectivity index (χ3n) is 2.47. The highest BCUT2D eigenvalue weighted by atomic mass is 32.1. The lowest BCUT2D eigenvalue weighted by molar-refractivity contribution is 0.389. The zero-order chi connectivity index (χ0) is 9.54. The van der Waals surface area contributed by atoms with Crippen molar-refractivity contribution in [3.8, 4) is 0 Å². The molecule has 0 radical (unpaired) electrons. The predicted molar refractivity (Wildman–Crippen MR) is 60.6 cm³/mol. The van der Waals surface area contributed by atoms with Crippen molar-refractivity contribution in [3.05, 3.63) is 40.9 Å². The number of hydrogen-bond acceptors (Lipinski definition) is 3. The molecule has 1 aliphatic rings. The van der Waals surface area contributed by atoms with Gasteiger partial charge < -0.3 is 5.01 Å². The van der Waals surface area contributed by atoms with Crippen LogP contribution >= 0.6 is 11.3 Å². The second-order valence-electron chi connectivity index (χ2n) is 3.42. The highest BCUT2D eigenvalue weighted by Gasteiger charge is 2.13. The number of hydrogen-bond donors (Lipinski definition) is 1. The zero-order valence-electron chi connectivity index (χ0n) is 7.60. The summed E-state index contributed by atoms with van der Waals surface area (Å²) in [6.07, 6.45) is 4.03. The van der Waals surface area contributed by atoms with E-state index in [1.807, 2.05) is 17.5 Å². The van der Waals surface area contributed by atoms with Gasteiger partial charge in [-0.15, -0.1) is 11.3 Å². The monoisotopic (exact) mass is 202 g/mol. The van der Waals surface area contributed by atoms with Crippen molar-refractivity contribution in [1.82, 2.24) is 5.01 Å². The van der Waals surface area contributed by atoms with Crippen molar-refractivity contribution in [2.75, 3.05) is 0 Å². The molecular weight excluding hydrogens is 192 g/mol.